The number of sulfonamides is 1. The third kappa shape index (κ3) is 5.54. The minimum absolute atomic E-state index is 0.0522. The fourth-order valence-corrected chi connectivity index (χ4v) is 4.10. The van der Waals surface area contributed by atoms with Crippen molar-refractivity contribution in [1.29, 1.82) is 0 Å². The van der Waals surface area contributed by atoms with Crippen molar-refractivity contribution < 1.29 is 22.3 Å². The predicted octanol–water partition coefficient (Wildman–Crippen LogP) is 4.87. The molecule has 0 aliphatic rings. The molecule has 162 valence electrons. The lowest BCUT2D eigenvalue weighted by molar-refractivity contribution is 0.102. The van der Waals surface area contributed by atoms with Gasteiger partial charge in [0.05, 0.1) is 28.3 Å². The molecule has 0 heterocycles. The predicted molar refractivity (Wildman–Crippen MR) is 118 cm³/mol. The second kappa shape index (κ2) is 9.65. The third-order valence-electron chi connectivity index (χ3n) is 4.31. The van der Waals surface area contributed by atoms with Crippen molar-refractivity contribution in [1.82, 2.24) is 4.72 Å². The molecule has 31 heavy (non-hydrogen) atoms. The minimum atomic E-state index is -4.04. The van der Waals surface area contributed by atoms with E-state index in [0.29, 0.717) is 16.3 Å². The fourth-order valence-electron chi connectivity index (χ4n) is 2.73. The number of nitrogens with one attached hydrogen (secondary N) is 2. The van der Waals surface area contributed by atoms with Gasteiger partial charge in [0.15, 0.2) is 0 Å². The van der Waals surface area contributed by atoms with Crippen LogP contribution in [0.1, 0.15) is 15.9 Å². The summed E-state index contributed by atoms with van der Waals surface area (Å²) in [5.74, 6) is -1.24. The first kappa shape index (κ1) is 23.0. The Balaban J connectivity index is 1.83. The highest BCUT2D eigenvalue weighted by Crippen LogP contribution is 2.26. The van der Waals surface area contributed by atoms with E-state index in [1.54, 1.807) is 24.3 Å². The highest BCUT2D eigenvalue weighted by atomic mass is 35.5. The van der Waals surface area contributed by atoms with Gasteiger partial charge in [-0.25, -0.2) is 17.5 Å². The quantitative estimate of drug-likeness (QED) is 0.502. The summed E-state index contributed by atoms with van der Waals surface area (Å²) >= 11 is 11.9. The number of hydrogen-bond donors (Lipinski definition) is 2. The van der Waals surface area contributed by atoms with Crippen molar-refractivity contribution in [3.05, 3.63) is 87.7 Å². The first-order valence-corrected chi connectivity index (χ1v) is 11.1. The molecule has 0 spiro atoms. The van der Waals surface area contributed by atoms with E-state index in [1.165, 1.54) is 25.3 Å². The fraction of sp³-hybridized carbons (Fsp3) is 0.0952. The zero-order valence-electron chi connectivity index (χ0n) is 16.2. The van der Waals surface area contributed by atoms with Crippen molar-refractivity contribution in [3.8, 4) is 5.75 Å². The molecule has 3 aromatic rings. The number of hydrogen-bond acceptors (Lipinski definition) is 4. The minimum Gasteiger partial charge on any atom is -0.496 e. The topological polar surface area (TPSA) is 84.5 Å². The van der Waals surface area contributed by atoms with Gasteiger partial charge in [0.1, 0.15) is 11.6 Å². The van der Waals surface area contributed by atoms with Crippen molar-refractivity contribution in [2.45, 2.75) is 11.4 Å². The molecule has 2 N–H and O–H groups in total. The summed E-state index contributed by atoms with van der Waals surface area (Å²) in [5, 5.41) is 2.94. The van der Waals surface area contributed by atoms with Gasteiger partial charge in [-0.2, -0.15) is 0 Å². The molecule has 0 aliphatic carbocycles. The Labute approximate surface area is 189 Å². The van der Waals surface area contributed by atoms with Crippen LogP contribution in [-0.4, -0.2) is 21.4 Å². The van der Waals surface area contributed by atoms with Crippen LogP contribution in [0.2, 0.25) is 10.0 Å². The van der Waals surface area contributed by atoms with Crippen LogP contribution in [0.4, 0.5) is 10.1 Å². The molecule has 0 radical (unpaired) electrons. The molecule has 10 heteroatoms. The Hall–Kier alpha value is -2.65. The van der Waals surface area contributed by atoms with Gasteiger partial charge in [0.2, 0.25) is 10.0 Å². The molecule has 1 amide bonds. The van der Waals surface area contributed by atoms with E-state index in [9.17, 15) is 17.6 Å². The molecule has 0 aliphatic heterocycles. The second-order valence-corrected chi connectivity index (χ2v) is 8.97. The summed E-state index contributed by atoms with van der Waals surface area (Å²) < 4.78 is 47.3. The summed E-state index contributed by atoms with van der Waals surface area (Å²) in [7, 11) is -2.57. The van der Waals surface area contributed by atoms with Gasteiger partial charge >= 0.3 is 0 Å². The smallest absolute Gasteiger partial charge is 0.258 e. The van der Waals surface area contributed by atoms with E-state index in [0.717, 1.165) is 18.2 Å². The number of anilines is 1. The SMILES string of the molecule is COc1ccccc1CNS(=O)(=O)c1ccc(F)c(C(=O)Nc2cc(Cl)ccc2Cl)c1. The van der Waals surface area contributed by atoms with E-state index in [2.05, 4.69) is 10.0 Å². The number of benzene rings is 3. The molecule has 0 atom stereocenters. The van der Waals surface area contributed by atoms with Crippen LogP contribution >= 0.6 is 23.2 Å². The Kier molecular flexibility index (Phi) is 7.17. The van der Waals surface area contributed by atoms with E-state index in [4.69, 9.17) is 27.9 Å². The van der Waals surface area contributed by atoms with E-state index in [-0.39, 0.29) is 22.2 Å². The molecule has 0 fully saturated rings. The van der Waals surface area contributed by atoms with Crippen LogP contribution in [0.15, 0.2) is 65.6 Å². The lowest BCUT2D eigenvalue weighted by atomic mass is 10.2. The Morgan fingerprint density at radius 1 is 1.06 bits per heavy atom. The Morgan fingerprint density at radius 2 is 1.81 bits per heavy atom. The van der Waals surface area contributed by atoms with Crippen LogP contribution in [0.3, 0.4) is 0 Å². The van der Waals surface area contributed by atoms with Crippen LogP contribution in [0, 0.1) is 5.82 Å². The maximum Gasteiger partial charge on any atom is 0.258 e. The van der Waals surface area contributed by atoms with Gasteiger partial charge in [-0.05, 0) is 42.5 Å². The monoisotopic (exact) mass is 482 g/mol. The number of amides is 1. The summed E-state index contributed by atoms with van der Waals surface area (Å²) in [5.41, 5.74) is 0.321. The summed E-state index contributed by atoms with van der Waals surface area (Å²) in [6.45, 7) is -0.0522. The van der Waals surface area contributed by atoms with Crippen molar-refractivity contribution in [2.24, 2.45) is 0 Å². The molecule has 3 rings (SSSR count). The summed E-state index contributed by atoms with van der Waals surface area (Å²) in [6, 6.07) is 14.2. The first-order valence-electron chi connectivity index (χ1n) is 8.89. The highest BCUT2D eigenvalue weighted by Gasteiger charge is 2.20. The van der Waals surface area contributed by atoms with Gasteiger partial charge in [0, 0.05) is 17.1 Å². The van der Waals surface area contributed by atoms with Gasteiger partial charge in [-0.15, -0.1) is 0 Å². The lowest BCUT2D eigenvalue weighted by Gasteiger charge is -2.12. The number of carbonyl (C=O) groups is 1. The molecule has 0 unspecified atom stereocenters. The maximum absolute atomic E-state index is 14.3. The Bertz CT molecular complexity index is 1240. The first-order chi connectivity index (χ1) is 14.7. The molecule has 0 aromatic heterocycles. The molecule has 6 nitrogen and oxygen atoms in total. The van der Waals surface area contributed by atoms with Crippen LogP contribution < -0.4 is 14.8 Å². The third-order valence-corrected chi connectivity index (χ3v) is 6.28. The number of halogens is 3. The molecule has 0 saturated heterocycles. The number of para-hydroxylation sites is 1. The zero-order chi connectivity index (χ0) is 22.6. The van der Waals surface area contributed by atoms with Crippen molar-refractivity contribution in [2.75, 3.05) is 12.4 Å². The normalized spacial score (nSPS) is 11.2. The Morgan fingerprint density at radius 3 is 2.55 bits per heavy atom. The molecule has 3 aromatic carbocycles. The maximum atomic E-state index is 14.3. The van der Waals surface area contributed by atoms with Crippen LogP contribution in [-0.2, 0) is 16.6 Å². The highest BCUT2D eigenvalue weighted by molar-refractivity contribution is 7.89. The van der Waals surface area contributed by atoms with Crippen LogP contribution in [0.25, 0.3) is 0 Å². The van der Waals surface area contributed by atoms with E-state index < -0.39 is 27.3 Å². The van der Waals surface area contributed by atoms with Gasteiger partial charge in [-0.1, -0.05) is 41.4 Å². The lowest BCUT2D eigenvalue weighted by Crippen LogP contribution is -2.24. The number of carbonyl (C=O) groups excluding carboxylic acids is 1. The number of ether oxygens (including phenoxy) is 1. The van der Waals surface area contributed by atoms with Crippen molar-refractivity contribution >= 4 is 44.8 Å². The molecule has 0 saturated carbocycles. The largest absolute Gasteiger partial charge is 0.496 e. The van der Waals surface area contributed by atoms with E-state index in [1.807, 2.05) is 0 Å². The van der Waals surface area contributed by atoms with E-state index >= 15 is 0 Å². The number of rotatable bonds is 7. The summed E-state index contributed by atoms with van der Waals surface area (Å²) in [6.07, 6.45) is 0. The van der Waals surface area contributed by atoms with Gasteiger partial charge in [0.25, 0.3) is 5.91 Å². The molecular formula is C21H17Cl2FN2O4S. The number of methoxy groups -OCH3 is 1. The van der Waals surface area contributed by atoms with Crippen molar-refractivity contribution in [3.63, 3.8) is 0 Å². The second-order valence-electron chi connectivity index (χ2n) is 6.36. The van der Waals surface area contributed by atoms with Gasteiger partial charge in [-0.3, -0.25) is 4.79 Å². The standard InChI is InChI=1S/C21H17Cl2FN2O4S/c1-30-20-5-3-2-4-13(20)12-25-31(28,29)15-7-9-18(24)16(11-15)21(27)26-19-10-14(22)6-8-17(19)23/h2-11,25H,12H2,1H3,(H,26,27). The molecule has 0 bridgehead atoms. The average molecular weight is 483 g/mol. The zero-order valence-corrected chi connectivity index (χ0v) is 18.5. The van der Waals surface area contributed by atoms with Crippen LogP contribution in [0.5, 0.6) is 5.75 Å². The molecular weight excluding hydrogens is 466 g/mol. The average Bonchev–Trinajstić information content (AvgIpc) is 2.75. The summed E-state index contributed by atoms with van der Waals surface area (Å²) in [4.78, 5) is 12.3. The van der Waals surface area contributed by atoms with Gasteiger partial charge < -0.3 is 10.1 Å².